The van der Waals surface area contributed by atoms with Crippen LogP contribution in [0, 0.1) is 0 Å². The third kappa shape index (κ3) is 5.91. The van der Waals surface area contributed by atoms with Crippen LogP contribution in [0.2, 0.25) is 0 Å². The quantitative estimate of drug-likeness (QED) is 0.848. The van der Waals surface area contributed by atoms with Crippen LogP contribution in [0.15, 0.2) is 0 Å². The summed E-state index contributed by atoms with van der Waals surface area (Å²) < 4.78 is 11.1. The predicted octanol–water partition coefficient (Wildman–Crippen LogP) is 2.65. The van der Waals surface area contributed by atoms with E-state index in [2.05, 4.69) is 0 Å². The summed E-state index contributed by atoms with van der Waals surface area (Å²) in [6.45, 7) is 11.4. The van der Waals surface area contributed by atoms with Gasteiger partial charge in [0, 0.05) is 13.0 Å². The molecule has 1 N–H and O–H groups in total. The molecule has 1 heterocycles. The van der Waals surface area contributed by atoms with Gasteiger partial charge in [-0.05, 0) is 48.0 Å². The molecule has 1 saturated heterocycles. The molecule has 0 bridgehead atoms. The molecule has 21 heavy (non-hydrogen) atoms. The van der Waals surface area contributed by atoms with Crippen molar-refractivity contribution in [1.29, 1.82) is 0 Å². The Bertz CT molecular complexity index is 394. The molecule has 6 heteroatoms. The Labute approximate surface area is 126 Å². The van der Waals surface area contributed by atoms with Crippen molar-refractivity contribution in [3.63, 3.8) is 0 Å². The molecule has 0 aromatic rings. The fourth-order valence-electron chi connectivity index (χ4n) is 2.31. The molecule has 122 valence electrons. The number of hydrogen-bond acceptors (Lipinski definition) is 4. The molecule has 1 fully saturated rings. The van der Waals surface area contributed by atoms with E-state index in [1.165, 1.54) is 4.90 Å². The smallest absolute Gasteiger partial charge is 0.411 e. The summed E-state index contributed by atoms with van der Waals surface area (Å²) in [5, 5.41) is 9.37. The molecule has 1 amide bonds. The summed E-state index contributed by atoms with van der Waals surface area (Å²) in [6, 6.07) is -0.902. The molecule has 2 atom stereocenters. The SMILES string of the molecule is CC(C)(C)OC(=O)N1CCC(OC(C)(C)C)CC1C(=O)O. The second-order valence-corrected chi connectivity index (χ2v) is 7.40. The number of aliphatic carboxylic acids is 1. The molecule has 0 aliphatic carbocycles. The molecule has 2 unspecified atom stereocenters. The lowest BCUT2D eigenvalue weighted by Crippen LogP contribution is -2.53. The average Bonchev–Trinajstić information content (AvgIpc) is 2.23. The Hall–Kier alpha value is -1.30. The maximum Gasteiger partial charge on any atom is 0.411 e. The molecular formula is C15H27NO5. The van der Waals surface area contributed by atoms with Gasteiger partial charge in [0.05, 0.1) is 11.7 Å². The van der Waals surface area contributed by atoms with E-state index in [4.69, 9.17) is 9.47 Å². The lowest BCUT2D eigenvalue weighted by atomic mass is 9.99. The highest BCUT2D eigenvalue weighted by atomic mass is 16.6. The van der Waals surface area contributed by atoms with Crippen LogP contribution in [-0.4, -0.2) is 52.0 Å². The molecular weight excluding hydrogens is 274 g/mol. The number of amides is 1. The fraction of sp³-hybridized carbons (Fsp3) is 0.867. The molecule has 0 aromatic carbocycles. The van der Waals surface area contributed by atoms with Gasteiger partial charge in [0.2, 0.25) is 0 Å². The number of carbonyl (C=O) groups excluding carboxylic acids is 1. The number of ether oxygens (including phenoxy) is 2. The summed E-state index contributed by atoms with van der Waals surface area (Å²) in [5.74, 6) is -1.02. The first-order valence-corrected chi connectivity index (χ1v) is 7.29. The van der Waals surface area contributed by atoms with Crippen molar-refractivity contribution in [2.45, 2.75) is 77.7 Å². The van der Waals surface area contributed by atoms with Gasteiger partial charge in [-0.2, -0.15) is 0 Å². The zero-order valence-corrected chi connectivity index (χ0v) is 13.8. The average molecular weight is 301 g/mol. The van der Waals surface area contributed by atoms with E-state index < -0.39 is 23.7 Å². The number of carboxylic acid groups (broad SMARTS) is 1. The van der Waals surface area contributed by atoms with Gasteiger partial charge in [-0.25, -0.2) is 9.59 Å². The molecule has 1 aliphatic rings. The Morgan fingerprint density at radius 3 is 2.10 bits per heavy atom. The first kappa shape index (κ1) is 17.8. The van der Waals surface area contributed by atoms with Crippen LogP contribution in [-0.2, 0) is 14.3 Å². The van der Waals surface area contributed by atoms with Gasteiger partial charge in [0.15, 0.2) is 0 Å². The topological polar surface area (TPSA) is 76.1 Å². The highest BCUT2D eigenvalue weighted by Crippen LogP contribution is 2.26. The minimum absolute atomic E-state index is 0.162. The zero-order chi connectivity index (χ0) is 16.4. The van der Waals surface area contributed by atoms with Crippen LogP contribution in [0.3, 0.4) is 0 Å². The monoisotopic (exact) mass is 301 g/mol. The van der Waals surface area contributed by atoms with E-state index in [9.17, 15) is 14.7 Å². The number of hydrogen-bond donors (Lipinski definition) is 1. The molecule has 0 saturated carbocycles. The molecule has 0 aromatic heterocycles. The third-order valence-electron chi connectivity index (χ3n) is 2.99. The van der Waals surface area contributed by atoms with Crippen molar-refractivity contribution in [3.8, 4) is 0 Å². The number of piperidine rings is 1. The molecule has 0 radical (unpaired) electrons. The van der Waals surface area contributed by atoms with Crippen LogP contribution in [0.4, 0.5) is 4.79 Å². The zero-order valence-electron chi connectivity index (χ0n) is 13.8. The lowest BCUT2D eigenvalue weighted by Gasteiger charge is -2.39. The van der Waals surface area contributed by atoms with Crippen molar-refractivity contribution in [2.24, 2.45) is 0 Å². The van der Waals surface area contributed by atoms with Gasteiger partial charge < -0.3 is 14.6 Å². The Morgan fingerprint density at radius 1 is 1.10 bits per heavy atom. The van der Waals surface area contributed by atoms with Crippen molar-refractivity contribution in [1.82, 2.24) is 4.90 Å². The summed E-state index contributed by atoms with van der Waals surface area (Å²) in [7, 11) is 0. The number of likely N-dealkylation sites (tertiary alicyclic amines) is 1. The highest BCUT2D eigenvalue weighted by molar-refractivity contribution is 5.80. The van der Waals surface area contributed by atoms with Crippen LogP contribution in [0.1, 0.15) is 54.4 Å². The van der Waals surface area contributed by atoms with Gasteiger partial charge in [0.25, 0.3) is 0 Å². The Kier molecular flexibility index (Phi) is 5.25. The standard InChI is InChI=1S/C15H27NO5/c1-14(2,3)20-10-7-8-16(11(9-10)12(17)18)13(19)21-15(4,5)6/h10-11H,7-9H2,1-6H3,(H,17,18). The number of carbonyl (C=O) groups is 2. The number of rotatable bonds is 2. The van der Waals surface area contributed by atoms with Gasteiger partial charge >= 0.3 is 12.1 Å². The van der Waals surface area contributed by atoms with Crippen LogP contribution < -0.4 is 0 Å². The van der Waals surface area contributed by atoms with Crippen LogP contribution in [0.5, 0.6) is 0 Å². The molecule has 6 nitrogen and oxygen atoms in total. The predicted molar refractivity (Wildman–Crippen MR) is 78.2 cm³/mol. The molecule has 1 rings (SSSR count). The number of nitrogens with zero attached hydrogens (tertiary/aromatic N) is 1. The highest BCUT2D eigenvalue weighted by Gasteiger charge is 2.39. The first-order valence-electron chi connectivity index (χ1n) is 7.29. The second-order valence-electron chi connectivity index (χ2n) is 7.40. The van der Waals surface area contributed by atoms with Crippen LogP contribution in [0.25, 0.3) is 0 Å². The van der Waals surface area contributed by atoms with Crippen molar-refractivity contribution < 1.29 is 24.2 Å². The normalized spacial score (nSPS) is 23.8. The van der Waals surface area contributed by atoms with Gasteiger partial charge in [-0.15, -0.1) is 0 Å². The second kappa shape index (κ2) is 6.22. The molecule has 0 spiro atoms. The van der Waals surface area contributed by atoms with Crippen molar-refractivity contribution in [2.75, 3.05) is 6.54 Å². The fourth-order valence-corrected chi connectivity index (χ4v) is 2.31. The van der Waals surface area contributed by atoms with Crippen LogP contribution >= 0.6 is 0 Å². The van der Waals surface area contributed by atoms with E-state index in [-0.39, 0.29) is 18.1 Å². The summed E-state index contributed by atoms with van der Waals surface area (Å²) in [4.78, 5) is 24.8. The maximum absolute atomic E-state index is 12.1. The minimum atomic E-state index is -1.02. The summed E-state index contributed by atoms with van der Waals surface area (Å²) in [6.07, 6.45) is 0.153. The van der Waals surface area contributed by atoms with Crippen molar-refractivity contribution >= 4 is 12.1 Å². The van der Waals surface area contributed by atoms with E-state index in [1.54, 1.807) is 20.8 Å². The lowest BCUT2D eigenvalue weighted by molar-refractivity contribution is -0.150. The molecule has 1 aliphatic heterocycles. The van der Waals surface area contributed by atoms with E-state index >= 15 is 0 Å². The van der Waals surface area contributed by atoms with Gasteiger partial charge in [-0.1, -0.05) is 0 Å². The van der Waals surface area contributed by atoms with Gasteiger partial charge in [-0.3, -0.25) is 4.90 Å². The summed E-state index contributed by atoms with van der Waals surface area (Å²) in [5.41, 5.74) is -0.972. The third-order valence-corrected chi connectivity index (χ3v) is 2.99. The Morgan fingerprint density at radius 2 is 1.67 bits per heavy atom. The number of carboxylic acids is 1. The van der Waals surface area contributed by atoms with E-state index in [0.29, 0.717) is 13.0 Å². The summed E-state index contributed by atoms with van der Waals surface area (Å²) >= 11 is 0. The maximum atomic E-state index is 12.1. The minimum Gasteiger partial charge on any atom is -0.480 e. The van der Waals surface area contributed by atoms with E-state index in [1.807, 2.05) is 20.8 Å². The van der Waals surface area contributed by atoms with Crippen molar-refractivity contribution in [3.05, 3.63) is 0 Å². The van der Waals surface area contributed by atoms with Gasteiger partial charge in [0.1, 0.15) is 11.6 Å². The first-order chi connectivity index (χ1) is 9.39. The van der Waals surface area contributed by atoms with E-state index in [0.717, 1.165) is 0 Å². The largest absolute Gasteiger partial charge is 0.480 e. The Balaban J connectivity index is 2.76.